The Bertz CT molecular complexity index is 382. The summed E-state index contributed by atoms with van der Waals surface area (Å²) in [6, 6.07) is 0. The minimum absolute atomic E-state index is 0.209. The highest BCUT2D eigenvalue weighted by Crippen LogP contribution is 2.59. The molecule has 2 atom stereocenters. The first-order valence-corrected chi connectivity index (χ1v) is 5.91. The van der Waals surface area contributed by atoms with Crippen LogP contribution in [-0.4, -0.2) is 21.1 Å². The van der Waals surface area contributed by atoms with Crippen molar-refractivity contribution in [2.24, 2.45) is 11.8 Å². The Hall–Kier alpha value is -1.40. The summed E-state index contributed by atoms with van der Waals surface area (Å²) >= 11 is 0. The summed E-state index contributed by atoms with van der Waals surface area (Å²) in [6.45, 7) is 0. The lowest BCUT2D eigenvalue weighted by molar-refractivity contribution is -0.788. The Kier molecular flexibility index (Phi) is 1.95. The van der Waals surface area contributed by atoms with Crippen LogP contribution in [0.4, 0.5) is 0 Å². The number of hydrogen-bond donors (Lipinski definition) is 0. The molecule has 4 rings (SSSR count). The van der Waals surface area contributed by atoms with Crippen molar-refractivity contribution in [2.75, 3.05) is 0 Å². The van der Waals surface area contributed by atoms with E-state index < -0.39 is 16.2 Å². The van der Waals surface area contributed by atoms with E-state index in [2.05, 4.69) is 0 Å². The van der Waals surface area contributed by atoms with Gasteiger partial charge in [0.15, 0.2) is 0 Å². The van der Waals surface area contributed by atoms with E-state index in [1.165, 1.54) is 0 Å². The minimum atomic E-state index is -0.958. The van der Waals surface area contributed by atoms with Crippen molar-refractivity contribution in [1.29, 1.82) is 0 Å². The first kappa shape index (κ1) is 10.7. The molecule has 4 saturated carbocycles. The lowest BCUT2D eigenvalue weighted by Gasteiger charge is -2.56. The van der Waals surface area contributed by atoms with Crippen molar-refractivity contribution in [1.82, 2.24) is 0 Å². The van der Waals surface area contributed by atoms with Crippen LogP contribution in [0.3, 0.4) is 0 Å². The minimum Gasteiger partial charge on any atom is -0.307 e. The van der Waals surface area contributed by atoms with Gasteiger partial charge in [-0.25, -0.2) is 0 Å². The Morgan fingerprint density at radius 1 is 1.06 bits per heavy atom. The fourth-order valence-corrected chi connectivity index (χ4v) is 4.61. The van der Waals surface area contributed by atoms with Crippen molar-refractivity contribution in [3.63, 3.8) is 0 Å². The third-order valence-electron chi connectivity index (χ3n) is 4.63. The highest BCUT2D eigenvalue weighted by molar-refractivity contribution is 5.09. The van der Waals surface area contributed by atoms with Gasteiger partial charge in [0.25, 0.3) is 5.09 Å². The second-order valence-electron chi connectivity index (χ2n) is 5.94. The average Bonchev–Trinajstić information content (AvgIpc) is 2.12. The summed E-state index contributed by atoms with van der Waals surface area (Å²) in [5, 5.41) is 21.1. The molecule has 0 radical (unpaired) electrons. The molecule has 0 saturated heterocycles. The molecular formula is C10H14N2O5. The van der Waals surface area contributed by atoms with Gasteiger partial charge in [-0.1, -0.05) is 0 Å². The summed E-state index contributed by atoms with van der Waals surface area (Å²) in [5.74, 6) is 0.447. The van der Waals surface area contributed by atoms with E-state index in [1.54, 1.807) is 0 Å². The van der Waals surface area contributed by atoms with Crippen LogP contribution in [0.15, 0.2) is 0 Å². The molecule has 0 N–H and O–H groups in total. The number of nitro groups is 1. The van der Waals surface area contributed by atoms with Crippen LogP contribution in [0.2, 0.25) is 0 Å². The van der Waals surface area contributed by atoms with Crippen LogP contribution < -0.4 is 0 Å². The molecule has 4 aliphatic carbocycles. The zero-order valence-electron chi connectivity index (χ0n) is 9.33. The molecule has 4 bridgehead atoms. The monoisotopic (exact) mass is 242 g/mol. The molecule has 17 heavy (non-hydrogen) atoms. The van der Waals surface area contributed by atoms with E-state index in [0.717, 1.165) is 6.42 Å². The predicted molar refractivity (Wildman–Crippen MR) is 55.2 cm³/mol. The van der Waals surface area contributed by atoms with Crippen molar-refractivity contribution in [3.05, 3.63) is 20.2 Å². The van der Waals surface area contributed by atoms with Crippen LogP contribution >= 0.6 is 0 Å². The van der Waals surface area contributed by atoms with Gasteiger partial charge >= 0.3 is 0 Å². The first-order valence-electron chi connectivity index (χ1n) is 5.91. The van der Waals surface area contributed by atoms with E-state index in [9.17, 15) is 20.2 Å². The highest BCUT2D eigenvalue weighted by Gasteiger charge is 2.65. The maximum absolute atomic E-state index is 11.3. The van der Waals surface area contributed by atoms with Crippen LogP contribution in [-0.2, 0) is 4.84 Å². The SMILES string of the molecule is O=[N+]([O-])OC12CC3CC(C1)CC([N+](=O)[O-])(C3)C2. The molecule has 0 aromatic rings. The van der Waals surface area contributed by atoms with E-state index in [4.69, 9.17) is 4.84 Å². The largest absolute Gasteiger partial charge is 0.307 e. The normalized spacial score (nSPS) is 46.8. The Balaban J connectivity index is 1.94. The van der Waals surface area contributed by atoms with Gasteiger partial charge in [0, 0.05) is 24.2 Å². The van der Waals surface area contributed by atoms with E-state index >= 15 is 0 Å². The summed E-state index contributed by atoms with van der Waals surface area (Å²) < 4.78 is 0. The number of rotatable bonds is 3. The molecule has 0 aromatic carbocycles. The molecule has 94 valence electrons. The zero-order chi connectivity index (χ0) is 12.3. The maximum atomic E-state index is 11.3. The van der Waals surface area contributed by atoms with Gasteiger partial charge in [0.2, 0.25) is 5.54 Å². The molecule has 0 spiro atoms. The van der Waals surface area contributed by atoms with Crippen LogP contribution in [0.5, 0.6) is 0 Å². The van der Waals surface area contributed by atoms with E-state index in [-0.39, 0.29) is 23.2 Å². The summed E-state index contributed by atoms with van der Waals surface area (Å²) in [5.41, 5.74) is -1.83. The predicted octanol–water partition coefficient (Wildman–Crippen LogP) is 1.56. The number of nitrogens with zero attached hydrogens (tertiary/aromatic N) is 2. The maximum Gasteiger partial charge on any atom is 0.295 e. The van der Waals surface area contributed by atoms with Gasteiger partial charge < -0.3 is 4.84 Å². The second-order valence-corrected chi connectivity index (χ2v) is 5.94. The lowest BCUT2D eigenvalue weighted by Crippen LogP contribution is -2.63. The molecule has 0 heterocycles. The van der Waals surface area contributed by atoms with Crippen LogP contribution in [0, 0.1) is 32.1 Å². The van der Waals surface area contributed by atoms with Crippen molar-refractivity contribution < 1.29 is 14.8 Å². The molecule has 4 aliphatic rings. The Morgan fingerprint density at radius 3 is 2.12 bits per heavy atom. The average molecular weight is 242 g/mol. The van der Waals surface area contributed by atoms with E-state index in [1.807, 2.05) is 0 Å². The molecule has 0 aromatic heterocycles. The van der Waals surface area contributed by atoms with E-state index in [0.29, 0.717) is 25.7 Å². The quantitative estimate of drug-likeness (QED) is 0.552. The van der Waals surface area contributed by atoms with Crippen LogP contribution in [0.1, 0.15) is 38.5 Å². The fourth-order valence-electron chi connectivity index (χ4n) is 4.61. The van der Waals surface area contributed by atoms with Crippen LogP contribution in [0.25, 0.3) is 0 Å². The first-order chi connectivity index (χ1) is 7.93. The Morgan fingerprint density at radius 2 is 1.65 bits per heavy atom. The van der Waals surface area contributed by atoms with Crippen molar-refractivity contribution in [3.8, 4) is 0 Å². The van der Waals surface area contributed by atoms with Gasteiger partial charge in [-0.05, 0) is 31.1 Å². The summed E-state index contributed by atoms with van der Waals surface area (Å²) in [4.78, 5) is 26.5. The topological polar surface area (TPSA) is 95.5 Å². The molecule has 7 heteroatoms. The highest BCUT2D eigenvalue weighted by atomic mass is 17.0. The Labute approximate surface area is 97.4 Å². The van der Waals surface area contributed by atoms with Gasteiger partial charge in [0.1, 0.15) is 5.60 Å². The van der Waals surface area contributed by atoms with Gasteiger partial charge in [-0.15, -0.1) is 10.1 Å². The van der Waals surface area contributed by atoms with Crippen molar-refractivity contribution in [2.45, 2.75) is 49.7 Å². The summed E-state index contributed by atoms with van der Waals surface area (Å²) in [6.07, 6.45) is 3.54. The third-order valence-corrected chi connectivity index (χ3v) is 4.63. The number of hydrogen-bond acceptors (Lipinski definition) is 5. The fraction of sp³-hybridized carbons (Fsp3) is 1.00. The smallest absolute Gasteiger partial charge is 0.295 e. The third kappa shape index (κ3) is 1.48. The van der Waals surface area contributed by atoms with Crippen molar-refractivity contribution >= 4 is 0 Å². The summed E-state index contributed by atoms with van der Waals surface area (Å²) in [7, 11) is 0. The molecular weight excluding hydrogens is 228 g/mol. The second kappa shape index (κ2) is 3.08. The van der Waals surface area contributed by atoms with Gasteiger partial charge in [-0.2, -0.15) is 0 Å². The standard InChI is InChI=1S/C10H14N2O5/c13-11(14)9-2-7-1-8(3-9)5-10(4-7,6-9)17-12(15)16/h7-8H,1-6H2. The van der Waals surface area contributed by atoms with Gasteiger partial charge in [-0.3, -0.25) is 10.1 Å². The molecule has 4 fully saturated rings. The van der Waals surface area contributed by atoms with Gasteiger partial charge in [0.05, 0.1) is 0 Å². The zero-order valence-corrected chi connectivity index (χ0v) is 9.33. The molecule has 0 aliphatic heterocycles. The molecule has 0 amide bonds. The molecule has 2 unspecified atom stereocenters. The molecule has 7 nitrogen and oxygen atoms in total. The lowest BCUT2D eigenvalue weighted by atomic mass is 9.51.